The largest absolute Gasteiger partial charge is 0.361 e. The maximum Gasteiger partial charge on any atom is 0.226 e. The van der Waals surface area contributed by atoms with Crippen molar-refractivity contribution in [3.8, 4) is 6.07 Å². The predicted octanol–water partition coefficient (Wildman–Crippen LogP) is 2.19. The van der Waals surface area contributed by atoms with E-state index in [0.29, 0.717) is 22.9 Å². The molecule has 0 fully saturated rings. The SMILES string of the molecule is Cc1noc(C)c1CCC(=O)Nc1ncc(C#N)s1. The van der Waals surface area contributed by atoms with Crippen molar-refractivity contribution < 1.29 is 9.32 Å². The van der Waals surface area contributed by atoms with E-state index in [1.807, 2.05) is 19.9 Å². The van der Waals surface area contributed by atoms with Crippen molar-refractivity contribution in [2.24, 2.45) is 0 Å². The Kier molecular flexibility index (Phi) is 3.92. The van der Waals surface area contributed by atoms with E-state index in [4.69, 9.17) is 9.78 Å². The molecule has 1 amide bonds. The molecule has 2 rings (SSSR count). The molecule has 98 valence electrons. The van der Waals surface area contributed by atoms with Gasteiger partial charge in [-0.2, -0.15) is 5.26 Å². The van der Waals surface area contributed by atoms with E-state index < -0.39 is 0 Å². The first-order valence-corrected chi connectivity index (χ1v) is 6.49. The molecule has 0 aliphatic rings. The van der Waals surface area contributed by atoms with Crippen molar-refractivity contribution in [1.82, 2.24) is 10.1 Å². The zero-order valence-corrected chi connectivity index (χ0v) is 11.4. The van der Waals surface area contributed by atoms with Crippen LogP contribution < -0.4 is 5.32 Å². The summed E-state index contributed by atoms with van der Waals surface area (Å²) in [6.45, 7) is 3.68. The Bertz CT molecular complexity index is 619. The highest BCUT2D eigenvalue weighted by atomic mass is 32.1. The van der Waals surface area contributed by atoms with Crippen molar-refractivity contribution in [3.63, 3.8) is 0 Å². The Morgan fingerprint density at radius 1 is 1.58 bits per heavy atom. The molecule has 2 aromatic heterocycles. The average Bonchev–Trinajstić information content (AvgIpc) is 2.95. The normalized spacial score (nSPS) is 10.2. The van der Waals surface area contributed by atoms with Gasteiger partial charge in [0.2, 0.25) is 5.91 Å². The maximum atomic E-state index is 11.7. The first-order chi connectivity index (χ1) is 9.10. The van der Waals surface area contributed by atoms with Crippen LogP contribution in [0, 0.1) is 25.2 Å². The lowest BCUT2D eigenvalue weighted by Crippen LogP contribution is -2.12. The van der Waals surface area contributed by atoms with Crippen LogP contribution in [0.2, 0.25) is 0 Å². The van der Waals surface area contributed by atoms with Crippen molar-refractivity contribution in [2.45, 2.75) is 26.7 Å². The van der Waals surface area contributed by atoms with Crippen LogP contribution in [0.25, 0.3) is 0 Å². The Balaban J connectivity index is 1.90. The summed E-state index contributed by atoms with van der Waals surface area (Å²) in [4.78, 5) is 16.2. The number of hydrogen-bond donors (Lipinski definition) is 1. The first-order valence-electron chi connectivity index (χ1n) is 5.67. The van der Waals surface area contributed by atoms with E-state index in [9.17, 15) is 4.79 Å². The molecular formula is C12H12N4O2S. The molecule has 0 bridgehead atoms. The van der Waals surface area contributed by atoms with Crippen LogP contribution in [0.15, 0.2) is 10.7 Å². The highest BCUT2D eigenvalue weighted by Crippen LogP contribution is 2.18. The van der Waals surface area contributed by atoms with Gasteiger partial charge in [0.1, 0.15) is 16.7 Å². The van der Waals surface area contributed by atoms with E-state index in [2.05, 4.69) is 15.5 Å². The molecule has 0 atom stereocenters. The molecular weight excluding hydrogens is 264 g/mol. The van der Waals surface area contributed by atoms with Crippen molar-refractivity contribution >= 4 is 22.4 Å². The Morgan fingerprint density at radius 2 is 2.37 bits per heavy atom. The number of nitrogens with zero attached hydrogens (tertiary/aromatic N) is 3. The second-order valence-electron chi connectivity index (χ2n) is 3.99. The molecule has 0 saturated heterocycles. The molecule has 2 heterocycles. The summed E-state index contributed by atoms with van der Waals surface area (Å²) in [6, 6.07) is 1.97. The zero-order valence-electron chi connectivity index (χ0n) is 10.6. The average molecular weight is 276 g/mol. The lowest BCUT2D eigenvalue weighted by molar-refractivity contribution is -0.116. The van der Waals surface area contributed by atoms with Gasteiger partial charge in [0.05, 0.1) is 11.9 Å². The third kappa shape index (κ3) is 3.17. The number of carbonyl (C=O) groups excluding carboxylic acids is 1. The topological polar surface area (TPSA) is 91.8 Å². The second-order valence-corrected chi connectivity index (χ2v) is 5.02. The second kappa shape index (κ2) is 5.63. The van der Waals surface area contributed by atoms with Crippen molar-refractivity contribution in [2.75, 3.05) is 5.32 Å². The van der Waals surface area contributed by atoms with Gasteiger partial charge in [0.15, 0.2) is 5.13 Å². The van der Waals surface area contributed by atoms with Gasteiger partial charge in [-0.15, -0.1) is 0 Å². The van der Waals surface area contributed by atoms with E-state index >= 15 is 0 Å². The molecule has 0 radical (unpaired) electrons. The summed E-state index contributed by atoms with van der Waals surface area (Å²) >= 11 is 1.16. The van der Waals surface area contributed by atoms with Crippen LogP contribution in [0.4, 0.5) is 5.13 Å². The van der Waals surface area contributed by atoms with Crippen molar-refractivity contribution in [1.29, 1.82) is 5.26 Å². The number of amides is 1. The molecule has 0 spiro atoms. The minimum Gasteiger partial charge on any atom is -0.361 e. The number of hydrogen-bond acceptors (Lipinski definition) is 6. The van der Waals surface area contributed by atoms with Crippen LogP contribution in [0.1, 0.15) is 28.3 Å². The third-order valence-electron chi connectivity index (χ3n) is 2.65. The number of anilines is 1. The number of aromatic nitrogens is 2. The predicted molar refractivity (Wildman–Crippen MR) is 69.8 cm³/mol. The van der Waals surface area contributed by atoms with E-state index in [1.54, 1.807) is 0 Å². The van der Waals surface area contributed by atoms with Crippen LogP contribution in [0.3, 0.4) is 0 Å². The van der Waals surface area contributed by atoms with Gasteiger partial charge in [0, 0.05) is 12.0 Å². The lowest BCUT2D eigenvalue weighted by atomic mass is 10.1. The molecule has 2 aromatic rings. The van der Waals surface area contributed by atoms with E-state index in [1.165, 1.54) is 6.20 Å². The van der Waals surface area contributed by atoms with Gasteiger partial charge in [-0.1, -0.05) is 16.5 Å². The number of carbonyl (C=O) groups is 1. The fourth-order valence-electron chi connectivity index (χ4n) is 1.66. The summed E-state index contributed by atoms with van der Waals surface area (Å²) < 4.78 is 5.04. The molecule has 0 unspecified atom stereocenters. The summed E-state index contributed by atoms with van der Waals surface area (Å²) in [5.74, 6) is 0.602. The van der Waals surface area contributed by atoms with Gasteiger partial charge in [-0.3, -0.25) is 4.79 Å². The maximum absolute atomic E-state index is 11.7. The fourth-order valence-corrected chi connectivity index (χ4v) is 2.29. The van der Waals surface area contributed by atoms with Gasteiger partial charge in [0.25, 0.3) is 0 Å². The van der Waals surface area contributed by atoms with Crippen LogP contribution >= 0.6 is 11.3 Å². The Morgan fingerprint density at radius 3 is 2.95 bits per heavy atom. The monoisotopic (exact) mass is 276 g/mol. The molecule has 0 aromatic carbocycles. The number of thiazole rings is 1. The number of nitrogens with one attached hydrogen (secondary N) is 1. The molecule has 0 aliphatic carbocycles. The summed E-state index contributed by atoms with van der Waals surface area (Å²) in [5, 5.41) is 15.6. The summed E-state index contributed by atoms with van der Waals surface area (Å²) in [7, 11) is 0. The quantitative estimate of drug-likeness (QED) is 0.924. The summed E-state index contributed by atoms with van der Waals surface area (Å²) in [6.07, 6.45) is 2.34. The smallest absolute Gasteiger partial charge is 0.226 e. The highest BCUT2D eigenvalue weighted by Gasteiger charge is 2.12. The number of rotatable bonds is 4. The Labute approximate surface area is 114 Å². The highest BCUT2D eigenvalue weighted by molar-refractivity contribution is 7.16. The number of nitriles is 1. The van der Waals surface area contributed by atoms with Gasteiger partial charge in [-0.05, 0) is 20.3 Å². The van der Waals surface area contributed by atoms with Gasteiger partial charge >= 0.3 is 0 Å². The van der Waals surface area contributed by atoms with Crippen LogP contribution in [-0.2, 0) is 11.2 Å². The third-order valence-corrected chi connectivity index (χ3v) is 3.46. The molecule has 0 saturated carbocycles. The Hall–Kier alpha value is -2.20. The van der Waals surface area contributed by atoms with Crippen LogP contribution in [0.5, 0.6) is 0 Å². The molecule has 7 heteroatoms. The van der Waals surface area contributed by atoms with Crippen molar-refractivity contribution in [3.05, 3.63) is 28.1 Å². The first kappa shape index (κ1) is 13.2. The van der Waals surface area contributed by atoms with Gasteiger partial charge in [-0.25, -0.2) is 4.98 Å². The minimum atomic E-state index is -0.140. The lowest BCUT2D eigenvalue weighted by Gasteiger charge is -2.01. The molecule has 6 nitrogen and oxygen atoms in total. The number of aryl methyl sites for hydroxylation is 2. The zero-order chi connectivity index (χ0) is 13.8. The molecule has 1 N–H and O–H groups in total. The van der Waals surface area contributed by atoms with E-state index in [0.717, 1.165) is 28.4 Å². The van der Waals surface area contributed by atoms with Gasteiger partial charge < -0.3 is 9.84 Å². The standard InChI is InChI=1S/C12H12N4O2S/c1-7-10(8(2)18-16-7)3-4-11(17)15-12-14-6-9(5-13)19-12/h6H,3-4H2,1-2H3,(H,14,15,17). The molecule has 19 heavy (non-hydrogen) atoms. The molecule has 0 aliphatic heterocycles. The van der Waals surface area contributed by atoms with E-state index in [-0.39, 0.29) is 5.91 Å². The van der Waals surface area contributed by atoms with Crippen LogP contribution in [-0.4, -0.2) is 16.0 Å². The fraction of sp³-hybridized carbons (Fsp3) is 0.333. The summed E-state index contributed by atoms with van der Waals surface area (Å²) in [5.41, 5.74) is 1.78. The minimum absolute atomic E-state index is 0.140.